The summed E-state index contributed by atoms with van der Waals surface area (Å²) in [5, 5.41) is 0. The van der Waals surface area contributed by atoms with Crippen molar-refractivity contribution in [1.29, 1.82) is 0 Å². The third-order valence-corrected chi connectivity index (χ3v) is 3.92. The van der Waals surface area contributed by atoms with Gasteiger partial charge < -0.3 is 15.0 Å². The third kappa shape index (κ3) is 1.68. The lowest BCUT2D eigenvalue weighted by molar-refractivity contribution is 0.639. The van der Waals surface area contributed by atoms with Crippen molar-refractivity contribution in [3.8, 4) is 0 Å². The van der Waals surface area contributed by atoms with Gasteiger partial charge in [0.05, 0.1) is 5.69 Å². The standard InChI is InChI=1S/C14H20N4/c1-2-11-6-5-9-17(11)14-12(10-15)18-8-4-3-7-13(18)16-14/h3-4,7-8,11H,2,5-6,9-10,15H2,1H3. The lowest BCUT2D eigenvalue weighted by Gasteiger charge is -2.24. The summed E-state index contributed by atoms with van der Waals surface area (Å²) in [6, 6.07) is 6.71. The van der Waals surface area contributed by atoms with E-state index in [-0.39, 0.29) is 0 Å². The molecule has 1 unspecified atom stereocenters. The largest absolute Gasteiger partial charge is 0.352 e. The normalized spacial score (nSPS) is 19.9. The van der Waals surface area contributed by atoms with Crippen LogP contribution in [0.5, 0.6) is 0 Å². The number of rotatable bonds is 3. The van der Waals surface area contributed by atoms with Gasteiger partial charge in [-0.1, -0.05) is 13.0 Å². The summed E-state index contributed by atoms with van der Waals surface area (Å²) in [5.74, 6) is 1.09. The van der Waals surface area contributed by atoms with Crippen molar-refractivity contribution in [3.63, 3.8) is 0 Å². The number of hydrogen-bond acceptors (Lipinski definition) is 3. The zero-order valence-electron chi connectivity index (χ0n) is 10.8. The predicted molar refractivity (Wildman–Crippen MR) is 73.7 cm³/mol. The van der Waals surface area contributed by atoms with Crippen molar-refractivity contribution < 1.29 is 0 Å². The fourth-order valence-corrected chi connectivity index (χ4v) is 2.99. The third-order valence-electron chi connectivity index (χ3n) is 3.92. The summed E-state index contributed by atoms with van der Waals surface area (Å²) in [5.41, 5.74) is 8.05. The van der Waals surface area contributed by atoms with Crippen molar-refractivity contribution in [1.82, 2.24) is 9.38 Å². The molecule has 1 saturated heterocycles. The van der Waals surface area contributed by atoms with Gasteiger partial charge in [0.25, 0.3) is 0 Å². The summed E-state index contributed by atoms with van der Waals surface area (Å²) < 4.78 is 2.11. The topological polar surface area (TPSA) is 46.6 Å². The number of fused-ring (bicyclic) bond motifs is 1. The Bertz CT molecular complexity index is 546. The molecule has 0 amide bonds. The highest BCUT2D eigenvalue weighted by atomic mass is 15.3. The van der Waals surface area contributed by atoms with Crippen LogP contribution in [0.4, 0.5) is 5.82 Å². The molecular formula is C14H20N4. The molecule has 4 nitrogen and oxygen atoms in total. The van der Waals surface area contributed by atoms with E-state index in [1.807, 2.05) is 24.4 Å². The van der Waals surface area contributed by atoms with Gasteiger partial charge in [0.1, 0.15) is 5.65 Å². The minimum absolute atomic E-state index is 0.535. The minimum Gasteiger partial charge on any atom is -0.352 e. The molecule has 3 rings (SSSR count). The Morgan fingerprint density at radius 3 is 3.11 bits per heavy atom. The van der Waals surface area contributed by atoms with Gasteiger partial charge in [0, 0.05) is 25.3 Å². The van der Waals surface area contributed by atoms with Crippen molar-refractivity contribution in [3.05, 3.63) is 30.1 Å². The van der Waals surface area contributed by atoms with Crippen LogP contribution in [0, 0.1) is 0 Å². The Hall–Kier alpha value is -1.55. The minimum atomic E-state index is 0.535. The van der Waals surface area contributed by atoms with Gasteiger partial charge in [-0.3, -0.25) is 0 Å². The zero-order chi connectivity index (χ0) is 12.5. The van der Waals surface area contributed by atoms with E-state index in [0.717, 1.165) is 23.7 Å². The van der Waals surface area contributed by atoms with Gasteiger partial charge in [-0.2, -0.15) is 0 Å². The van der Waals surface area contributed by atoms with Crippen LogP contribution in [0.2, 0.25) is 0 Å². The highest BCUT2D eigenvalue weighted by molar-refractivity contribution is 5.57. The average molecular weight is 244 g/mol. The van der Waals surface area contributed by atoms with Crippen LogP contribution < -0.4 is 10.6 Å². The van der Waals surface area contributed by atoms with Gasteiger partial charge in [-0.25, -0.2) is 4.98 Å². The van der Waals surface area contributed by atoms with E-state index in [9.17, 15) is 0 Å². The van der Waals surface area contributed by atoms with E-state index >= 15 is 0 Å². The van der Waals surface area contributed by atoms with Crippen LogP contribution in [0.15, 0.2) is 24.4 Å². The molecule has 2 aromatic heterocycles. The quantitative estimate of drug-likeness (QED) is 0.900. The van der Waals surface area contributed by atoms with E-state index < -0.39 is 0 Å². The van der Waals surface area contributed by atoms with Crippen LogP contribution in [0.1, 0.15) is 31.9 Å². The first-order valence-electron chi connectivity index (χ1n) is 6.77. The van der Waals surface area contributed by atoms with Crippen LogP contribution >= 0.6 is 0 Å². The summed E-state index contributed by atoms with van der Waals surface area (Å²) in [6.45, 7) is 3.89. The summed E-state index contributed by atoms with van der Waals surface area (Å²) >= 11 is 0. The second kappa shape index (κ2) is 4.61. The smallest absolute Gasteiger partial charge is 0.152 e. The first kappa shape index (κ1) is 11.5. The number of nitrogens with zero attached hydrogens (tertiary/aromatic N) is 3. The number of pyridine rings is 1. The van der Waals surface area contributed by atoms with Crippen molar-refractivity contribution >= 4 is 11.5 Å². The molecular weight excluding hydrogens is 224 g/mol. The molecule has 3 heterocycles. The number of imidazole rings is 1. The van der Waals surface area contributed by atoms with Crippen LogP contribution in [0.25, 0.3) is 5.65 Å². The van der Waals surface area contributed by atoms with Crippen LogP contribution in [0.3, 0.4) is 0 Å². The molecule has 1 atom stereocenters. The lowest BCUT2D eigenvalue weighted by atomic mass is 10.2. The average Bonchev–Trinajstić information content (AvgIpc) is 3.01. The lowest BCUT2D eigenvalue weighted by Crippen LogP contribution is -2.30. The fourth-order valence-electron chi connectivity index (χ4n) is 2.99. The van der Waals surface area contributed by atoms with E-state index in [2.05, 4.69) is 16.2 Å². The molecule has 1 fully saturated rings. The highest BCUT2D eigenvalue weighted by Gasteiger charge is 2.27. The maximum absolute atomic E-state index is 5.93. The molecule has 0 bridgehead atoms. The molecule has 0 spiro atoms. The molecule has 1 aliphatic rings. The van der Waals surface area contributed by atoms with Crippen molar-refractivity contribution in [2.75, 3.05) is 11.4 Å². The second-order valence-electron chi connectivity index (χ2n) is 4.91. The summed E-state index contributed by atoms with van der Waals surface area (Å²) in [4.78, 5) is 7.21. The predicted octanol–water partition coefficient (Wildman–Crippen LogP) is 2.17. The van der Waals surface area contributed by atoms with Crippen molar-refractivity contribution in [2.24, 2.45) is 5.73 Å². The SMILES string of the molecule is CCC1CCCN1c1nc2ccccn2c1CN. The van der Waals surface area contributed by atoms with E-state index in [1.54, 1.807) is 0 Å². The van der Waals surface area contributed by atoms with Crippen LogP contribution in [-0.2, 0) is 6.54 Å². The maximum Gasteiger partial charge on any atom is 0.152 e. The Balaban J connectivity index is 2.10. The van der Waals surface area contributed by atoms with E-state index in [1.165, 1.54) is 19.3 Å². The van der Waals surface area contributed by atoms with Gasteiger partial charge in [-0.05, 0) is 31.4 Å². The number of aromatic nitrogens is 2. The second-order valence-corrected chi connectivity index (χ2v) is 4.91. The molecule has 96 valence electrons. The van der Waals surface area contributed by atoms with E-state index in [0.29, 0.717) is 12.6 Å². The first-order valence-corrected chi connectivity index (χ1v) is 6.77. The molecule has 18 heavy (non-hydrogen) atoms. The Kier molecular flexibility index (Phi) is 2.96. The number of hydrogen-bond donors (Lipinski definition) is 1. The van der Waals surface area contributed by atoms with Gasteiger partial charge in [-0.15, -0.1) is 0 Å². The van der Waals surface area contributed by atoms with Gasteiger partial charge in [0.15, 0.2) is 5.82 Å². The Labute approximate surface area is 107 Å². The molecule has 1 aliphatic heterocycles. The van der Waals surface area contributed by atoms with E-state index in [4.69, 9.17) is 10.7 Å². The molecule has 0 saturated carbocycles. The van der Waals surface area contributed by atoms with Crippen molar-refractivity contribution in [2.45, 2.75) is 38.8 Å². The molecule has 4 heteroatoms. The zero-order valence-corrected chi connectivity index (χ0v) is 10.8. The summed E-state index contributed by atoms with van der Waals surface area (Å²) in [6.07, 6.45) is 5.76. The van der Waals surface area contributed by atoms with Crippen LogP contribution in [-0.4, -0.2) is 22.0 Å². The fraction of sp³-hybridized carbons (Fsp3) is 0.500. The monoisotopic (exact) mass is 244 g/mol. The Morgan fingerprint density at radius 2 is 2.33 bits per heavy atom. The molecule has 0 aromatic carbocycles. The van der Waals surface area contributed by atoms with Gasteiger partial charge >= 0.3 is 0 Å². The number of nitrogens with two attached hydrogens (primary N) is 1. The highest BCUT2D eigenvalue weighted by Crippen LogP contribution is 2.29. The Morgan fingerprint density at radius 1 is 1.44 bits per heavy atom. The van der Waals surface area contributed by atoms with Gasteiger partial charge in [0.2, 0.25) is 0 Å². The maximum atomic E-state index is 5.93. The molecule has 0 radical (unpaired) electrons. The number of anilines is 1. The molecule has 2 N–H and O–H groups in total. The molecule has 0 aliphatic carbocycles. The first-order chi connectivity index (χ1) is 8.85. The summed E-state index contributed by atoms with van der Waals surface area (Å²) in [7, 11) is 0. The molecule has 2 aromatic rings.